The van der Waals surface area contributed by atoms with Gasteiger partial charge >= 0.3 is 0 Å². The Bertz CT molecular complexity index is 387. The molecule has 1 aliphatic rings. The van der Waals surface area contributed by atoms with Crippen LogP contribution < -0.4 is 10.5 Å². The molecule has 0 saturated carbocycles. The molecule has 19 heavy (non-hydrogen) atoms. The zero-order chi connectivity index (χ0) is 13.5. The van der Waals surface area contributed by atoms with Gasteiger partial charge in [0.05, 0.1) is 25.9 Å². The molecular formula is C14H22N2O3. The van der Waals surface area contributed by atoms with Crippen LogP contribution in [0.4, 0.5) is 0 Å². The van der Waals surface area contributed by atoms with Gasteiger partial charge in [-0.25, -0.2) is 0 Å². The van der Waals surface area contributed by atoms with Crippen LogP contribution in [0, 0.1) is 0 Å². The van der Waals surface area contributed by atoms with Gasteiger partial charge in [-0.15, -0.1) is 0 Å². The average Bonchev–Trinajstić information content (AvgIpc) is 2.48. The van der Waals surface area contributed by atoms with Crippen LogP contribution in [0.5, 0.6) is 5.75 Å². The summed E-state index contributed by atoms with van der Waals surface area (Å²) < 4.78 is 11.1. The minimum atomic E-state index is 0.0853. The van der Waals surface area contributed by atoms with Crippen molar-refractivity contribution in [3.8, 4) is 5.75 Å². The Hall–Kier alpha value is -1.14. The van der Waals surface area contributed by atoms with Crippen molar-refractivity contribution >= 4 is 0 Å². The highest BCUT2D eigenvalue weighted by Crippen LogP contribution is 2.17. The predicted octanol–water partition coefficient (Wildman–Crippen LogP) is 0.217. The molecule has 1 aromatic rings. The Morgan fingerprint density at radius 2 is 2.26 bits per heavy atom. The first-order valence-corrected chi connectivity index (χ1v) is 6.68. The van der Waals surface area contributed by atoms with Gasteiger partial charge in [0, 0.05) is 25.2 Å². The van der Waals surface area contributed by atoms with Gasteiger partial charge < -0.3 is 20.3 Å². The van der Waals surface area contributed by atoms with Gasteiger partial charge in [0.15, 0.2) is 0 Å². The lowest BCUT2D eigenvalue weighted by molar-refractivity contribution is -0.0313. The fourth-order valence-corrected chi connectivity index (χ4v) is 2.24. The highest BCUT2D eigenvalue weighted by molar-refractivity contribution is 5.32. The lowest BCUT2D eigenvalue weighted by Crippen LogP contribution is -2.48. The van der Waals surface area contributed by atoms with Crippen molar-refractivity contribution in [3.63, 3.8) is 0 Å². The molecule has 0 amide bonds. The van der Waals surface area contributed by atoms with E-state index in [1.54, 1.807) is 0 Å². The molecule has 1 aromatic carbocycles. The van der Waals surface area contributed by atoms with E-state index in [0.29, 0.717) is 19.8 Å². The molecule has 0 aromatic heterocycles. The Morgan fingerprint density at radius 3 is 3.05 bits per heavy atom. The standard InChI is InChI=1S/C14H22N2O3/c15-9-12-3-1-2-4-14(12)19-8-6-16-5-7-18-11-13(16)10-17/h1-4,13,17H,5-11,15H2. The van der Waals surface area contributed by atoms with E-state index in [1.807, 2.05) is 24.3 Å². The first kappa shape index (κ1) is 14.3. The molecule has 1 unspecified atom stereocenters. The van der Waals surface area contributed by atoms with Crippen molar-refractivity contribution in [2.75, 3.05) is 39.5 Å². The van der Waals surface area contributed by atoms with Gasteiger partial charge in [-0.2, -0.15) is 0 Å². The Morgan fingerprint density at radius 1 is 1.42 bits per heavy atom. The van der Waals surface area contributed by atoms with E-state index in [2.05, 4.69) is 4.90 Å². The maximum atomic E-state index is 9.28. The van der Waals surface area contributed by atoms with Crippen molar-refractivity contribution in [2.45, 2.75) is 12.6 Å². The van der Waals surface area contributed by atoms with E-state index < -0.39 is 0 Å². The third kappa shape index (κ3) is 3.91. The summed E-state index contributed by atoms with van der Waals surface area (Å²) in [4.78, 5) is 2.20. The summed E-state index contributed by atoms with van der Waals surface area (Å²) in [6, 6.07) is 7.90. The van der Waals surface area contributed by atoms with Crippen LogP contribution in [0.15, 0.2) is 24.3 Å². The van der Waals surface area contributed by atoms with Crippen LogP contribution >= 0.6 is 0 Å². The fourth-order valence-electron chi connectivity index (χ4n) is 2.24. The zero-order valence-electron chi connectivity index (χ0n) is 11.1. The number of aliphatic hydroxyl groups excluding tert-OH is 1. The smallest absolute Gasteiger partial charge is 0.123 e. The number of hydrogen-bond acceptors (Lipinski definition) is 5. The molecule has 1 heterocycles. The van der Waals surface area contributed by atoms with Crippen molar-refractivity contribution in [1.29, 1.82) is 0 Å². The average molecular weight is 266 g/mol. The van der Waals surface area contributed by atoms with Gasteiger partial charge in [-0.05, 0) is 6.07 Å². The lowest BCUT2D eigenvalue weighted by atomic mass is 10.2. The number of para-hydroxylation sites is 1. The summed E-state index contributed by atoms with van der Waals surface area (Å²) in [5.74, 6) is 0.846. The second-order valence-corrected chi connectivity index (χ2v) is 4.61. The highest BCUT2D eigenvalue weighted by Gasteiger charge is 2.21. The topological polar surface area (TPSA) is 68.0 Å². The van der Waals surface area contributed by atoms with E-state index in [9.17, 15) is 5.11 Å². The van der Waals surface area contributed by atoms with E-state index in [-0.39, 0.29) is 12.6 Å². The van der Waals surface area contributed by atoms with Gasteiger partial charge in [-0.1, -0.05) is 18.2 Å². The minimum Gasteiger partial charge on any atom is -0.492 e. The lowest BCUT2D eigenvalue weighted by Gasteiger charge is -2.34. The SMILES string of the molecule is NCc1ccccc1OCCN1CCOCC1CO. The molecule has 1 saturated heterocycles. The number of benzene rings is 1. The third-order valence-corrected chi connectivity index (χ3v) is 3.39. The van der Waals surface area contributed by atoms with Crippen molar-refractivity contribution in [2.24, 2.45) is 5.73 Å². The Kier molecular flexibility index (Phi) is 5.60. The summed E-state index contributed by atoms with van der Waals surface area (Å²) >= 11 is 0. The van der Waals surface area contributed by atoms with Crippen LogP contribution in [0.25, 0.3) is 0 Å². The first-order valence-electron chi connectivity index (χ1n) is 6.68. The summed E-state index contributed by atoms with van der Waals surface area (Å²) in [5.41, 5.74) is 6.69. The van der Waals surface area contributed by atoms with E-state index in [0.717, 1.165) is 31.0 Å². The maximum absolute atomic E-state index is 9.28. The second kappa shape index (κ2) is 7.45. The number of morpholine rings is 1. The third-order valence-electron chi connectivity index (χ3n) is 3.39. The predicted molar refractivity (Wildman–Crippen MR) is 73.1 cm³/mol. The van der Waals surface area contributed by atoms with Crippen LogP contribution in [0.2, 0.25) is 0 Å². The molecule has 0 radical (unpaired) electrons. The van der Waals surface area contributed by atoms with Gasteiger partial charge in [0.25, 0.3) is 0 Å². The number of ether oxygens (including phenoxy) is 2. The number of hydrogen-bond donors (Lipinski definition) is 2. The molecule has 0 bridgehead atoms. The molecule has 5 nitrogen and oxygen atoms in total. The van der Waals surface area contributed by atoms with Gasteiger partial charge in [0.2, 0.25) is 0 Å². The molecular weight excluding hydrogens is 244 g/mol. The van der Waals surface area contributed by atoms with E-state index in [1.165, 1.54) is 0 Å². The molecule has 0 spiro atoms. The molecule has 1 fully saturated rings. The molecule has 3 N–H and O–H groups in total. The Balaban J connectivity index is 1.82. The summed E-state index contributed by atoms with van der Waals surface area (Å²) in [6.07, 6.45) is 0. The van der Waals surface area contributed by atoms with Gasteiger partial charge in [0.1, 0.15) is 12.4 Å². The molecule has 1 aliphatic heterocycles. The molecule has 2 rings (SSSR count). The number of nitrogens with zero attached hydrogens (tertiary/aromatic N) is 1. The summed E-state index contributed by atoms with van der Waals surface area (Å²) in [7, 11) is 0. The number of nitrogens with two attached hydrogens (primary N) is 1. The van der Waals surface area contributed by atoms with Crippen LogP contribution in [0.3, 0.4) is 0 Å². The summed E-state index contributed by atoms with van der Waals surface area (Å²) in [6.45, 7) is 4.13. The maximum Gasteiger partial charge on any atom is 0.123 e. The second-order valence-electron chi connectivity index (χ2n) is 4.61. The van der Waals surface area contributed by atoms with Crippen LogP contribution in [-0.4, -0.2) is 55.6 Å². The van der Waals surface area contributed by atoms with E-state index >= 15 is 0 Å². The fraction of sp³-hybridized carbons (Fsp3) is 0.571. The largest absolute Gasteiger partial charge is 0.492 e. The van der Waals surface area contributed by atoms with Crippen molar-refractivity contribution < 1.29 is 14.6 Å². The molecule has 1 atom stereocenters. The molecule has 0 aliphatic carbocycles. The quantitative estimate of drug-likeness (QED) is 0.771. The zero-order valence-corrected chi connectivity index (χ0v) is 11.1. The molecule has 5 heteroatoms. The van der Waals surface area contributed by atoms with Crippen LogP contribution in [0.1, 0.15) is 5.56 Å². The monoisotopic (exact) mass is 266 g/mol. The van der Waals surface area contributed by atoms with Crippen molar-refractivity contribution in [3.05, 3.63) is 29.8 Å². The minimum absolute atomic E-state index is 0.0853. The van der Waals surface area contributed by atoms with Crippen LogP contribution in [-0.2, 0) is 11.3 Å². The number of rotatable bonds is 6. The highest BCUT2D eigenvalue weighted by atomic mass is 16.5. The first-order chi connectivity index (χ1) is 9.35. The normalized spacial score (nSPS) is 20.4. The van der Waals surface area contributed by atoms with E-state index in [4.69, 9.17) is 15.2 Å². The van der Waals surface area contributed by atoms with Crippen molar-refractivity contribution in [1.82, 2.24) is 4.90 Å². The van der Waals surface area contributed by atoms with Gasteiger partial charge in [-0.3, -0.25) is 4.90 Å². The number of aliphatic hydroxyl groups is 1. The Labute approximate surface area is 113 Å². The summed E-state index contributed by atoms with van der Waals surface area (Å²) in [5, 5.41) is 9.28. The molecule has 106 valence electrons.